The molecule has 2 nitrogen and oxygen atoms in total. The van der Waals surface area contributed by atoms with E-state index in [1.165, 1.54) is 0 Å². The first-order valence-corrected chi connectivity index (χ1v) is 7.21. The van der Waals surface area contributed by atoms with Crippen molar-refractivity contribution in [3.63, 3.8) is 0 Å². The van der Waals surface area contributed by atoms with Crippen LogP contribution in [-0.2, 0) is 0 Å². The summed E-state index contributed by atoms with van der Waals surface area (Å²) in [6, 6.07) is 3.99. The van der Waals surface area contributed by atoms with Crippen LogP contribution >= 0.6 is 60.0 Å². The quantitative estimate of drug-likeness (QED) is 0.627. The second-order valence-electron chi connectivity index (χ2n) is 3.29. The molecule has 0 fully saturated rings. The topological polar surface area (TPSA) is 20.7 Å². The Morgan fingerprint density at radius 2 is 1.75 bits per heavy atom. The van der Waals surface area contributed by atoms with Gasteiger partial charge < -0.3 is 4.98 Å². The molecule has 0 spiro atoms. The van der Waals surface area contributed by atoms with Gasteiger partial charge in [-0.05, 0) is 63.1 Å². The summed E-state index contributed by atoms with van der Waals surface area (Å²) in [5.74, 6) is 0. The number of halogens is 3. The first-order valence-electron chi connectivity index (χ1n) is 4.42. The minimum absolute atomic E-state index is 0.682. The zero-order chi connectivity index (χ0) is 11.9. The van der Waals surface area contributed by atoms with Gasteiger partial charge in [0.15, 0.2) is 4.77 Å². The number of rotatable bonds is 1. The van der Waals surface area contributed by atoms with Gasteiger partial charge in [-0.15, -0.1) is 0 Å². The molecular weight excluding hydrogens is 420 g/mol. The molecule has 0 saturated carbocycles. The van der Waals surface area contributed by atoms with Gasteiger partial charge in [-0.1, -0.05) is 15.9 Å². The van der Waals surface area contributed by atoms with Crippen LogP contribution in [0, 0.1) is 11.7 Å². The average molecular weight is 427 g/mol. The number of H-pyrrole nitrogens is 1. The lowest BCUT2D eigenvalue weighted by Gasteiger charge is -2.11. The van der Waals surface area contributed by atoms with Crippen molar-refractivity contribution in [2.75, 3.05) is 0 Å². The summed E-state index contributed by atoms with van der Waals surface area (Å²) < 4.78 is 5.63. The van der Waals surface area contributed by atoms with Crippen molar-refractivity contribution >= 4 is 60.0 Å². The van der Waals surface area contributed by atoms with Gasteiger partial charge >= 0.3 is 0 Å². The van der Waals surface area contributed by atoms with Gasteiger partial charge in [0.1, 0.15) is 0 Å². The maximum atomic E-state index is 5.26. The van der Waals surface area contributed by atoms with E-state index in [0.29, 0.717) is 4.77 Å². The molecule has 16 heavy (non-hydrogen) atoms. The van der Waals surface area contributed by atoms with Crippen LogP contribution in [-0.4, -0.2) is 9.55 Å². The van der Waals surface area contributed by atoms with Crippen molar-refractivity contribution < 1.29 is 0 Å². The highest BCUT2D eigenvalue weighted by Crippen LogP contribution is 2.33. The number of aromatic amines is 1. The molecule has 0 bridgehead atoms. The molecule has 1 aromatic carbocycles. The Hall–Kier alpha value is 0.0900. The van der Waals surface area contributed by atoms with Crippen LogP contribution in [0.25, 0.3) is 5.69 Å². The highest BCUT2D eigenvalue weighted by atomic mass is 79.9. The molecule has 0 saturated heterocycles. The van der Waals surface area contributed by atoms with Crippen LogP contribution in [0.5, 0.6) is 0 Å². The zero-order valence-corrected chi connectivity index (χ0v) is 13.8. The summed E-state index contributed by atoms with van der Waals surface area (Å²) in [6.45, 7) is 2.01. The summed E-state index contributed by atoms with van der Waals surface area (Å²) in [5.41, 5.74) is 2.07. The second-order valence-corrected chi connectivity index (χ2v) is 6.30. The standard InChI is InChI=1S/C10H7Br3N2S/c1-5-4-14-10(16)15(5)9-7(12)2-6(11)3-8(9)13/h2-4H,1H3,(H,14,16). The fraction of sp³-hybridized carbons (Fsp3) is 0.100. The van der Waals surface area contributed by atoms with Crippen LogP contribution < -0.4 is 0 Å². The number of imidazole rings is 1. The Bertz CT molecular complexity index is 577. The van der Waals surface area contributed by atoms with E-state index >= 15 is 0 Å². The third kappa shape index (κ3) is 2.20. The summed E-state index contributed by atoms with van der Waals surface area (Å²) in [4.78, 5) is 3.03. The SMILES string of the molecule is Cc1c[nH]c(=S)n1-c1c(Br)cc(Br)cc1Br. The summed E-state index contributed by atoms with van der Waals surface area (Å²) in [5, 5.41) is 0. The highest BCUT2D eigenvalue weighted by molar-refractivity contribution is 9.11. The minimum Gasteiger partial charge on any atom is -0.337 e. The number of aromatic nitrogens is 2. The molecule has 0 aliphatic rings. The Morgan fingerprint density at radius 3 is 2.19 bits per heavy atom. The molecular formula is C10H7Br3N2S. The fourth-order valence-electron chi connectivity index (χ4n) is 1.48. The number of nitrogens with zero attached hydrogens (tertiary/aromatic N) is 1. The van der Waals surface area contributed by atoms with E-state index in [-0.39, 0.29) is 0 Å². The van der Waals surface area contributed by atoms with E-state index in [4.69, 9.17) is 12.2 Å². The normalized spacial score (nSPS) is 10.8. The van der Waals surface area contributed by atoms with Crippen molar-refractivity contribution in [3.8, 4) is 5.69 Å². The molecule has 2 aromatic rings. The monoisotopic (exact) mass is 424 g/mol. The van der Waals surface area contributed by atoms with E-state index in [2.05, 4.69) is 52.8 Å². The lowest BCUT2D eigenvalue weighted by Crippen LogP contribution is -1.99. The maximum absolute atomic E-state index is 5.26. The molecule has 0 unspecified atom stereocenters. The van der Waals surface area contributed by atoms with Crippen molar-refractivity contribution in [3.05, 3.63) is 42.2 Å². The van der Waals surface area contributed by atoms with Gasteiger partial charge in [0.05, 0.1) is 5.69 Å². The van der Waals surface area contributed by atoms with E-state index in [9.17, 15) is 0 Å². The Kier molecular flexibility index (Phi) is 3.73. The number of hydrogen-bond acceptors (Lipinski definition) is 1. The molecule has 0 atom stereocenters. The molecule has 1 N–H and O–H groups in total. The van der Waals surface area contributed by atoms with Crippen LogP contribution in [0.4, 0.5) is 0 Å². The average Bonchev–Trinajstić information content (AvgIpc) is 2.47. The number of benzene rings is 1. The molecule has 1 aromatic heterocycles. The lowest BCUT2D eigenvalue weighted by molar-refractivity contribution is 0.972. The van der Waals surface area contributed by atoms with Crippen LogP contribution in [0.3, 0.4) is 0 Å². The molecule has 0 aliphatic heterocycles. The Morgan fingerprint density at radius 1 is 1.19 bits per heavy atom. The third-order valence-corrected chi connectivity index (χ3v) is 4.13. The van der Waals surface area contributed by atoms with E-state index < -0.39 is 0 Å². The molecule has 2 rings (SSSR count). The van der Waals surface area contributed by atoms with Crippen molar-refractivity contribution in [1.82, 2.24) is 9.55 Å². The fourth-order valence-corrected chi connectivity index (χ4v) is 4.39. The molecule has 1 heterocycles. The molecule has 0 amide bonds. The predicted octanol–water partition coefficient (Wildman–Crippen LogP) is 5.13. The highest BCUT2D eigenvalue weighted by Gasteiger charge is 2.11. The summed E-state index contributed by atoms with van der Waals surface area (Å²) in [7, 11) is 0. The van der Waals surface area contributed by atoms with E-state index in [1.54, 1.807) is 0 Å². The summed E-state index contributed by atoms with van der Waals surface area (Å²) in [6.07, 6.45) is 1.89. The molecule has 0 aliphatic carbocycles. The van der Waals surface area contributed by atoms with Gasteiger partial charge in [0, 0.05) is 25.3 Å². The van der Waals surface area contributed by atoms with Gasteiger partial charge in [-0.3, -0.25) is 4.57 Å². The van der Waals surface area contributed by atoms with Crippen molar-refractivity contribution in [2.45, 2.75) is 6.92 Å². The molecule has 0 radical (unpaired) electrons. The number of aryl methyl sites for hydroxylation is 1. The largest absolute Gasteiger partial charge is 0.337 e. The van der Waals surface area contributed by atoms with Gasteiger partial charge in [-0.2, -0.15) is 0 Å². The number of hydrogen-bond donors (Lipinski definition) is 1. The van der Waals surface area contributed by atoms with Crippen molar-refractivity contribution in [2.24, 2.45) is 0 Å². The van der Waals surface area contributed by atoms with Gasteiger partial charge in [0.25, 0.3) is 0 Å². The zero-order valence-electron chi connectivity index (χ0n) is 8.22. The Balaban J connectivity index is 2.79. The van der Waals surface area contributed by atoms with Crippen molar-refractivity contribution in [1.29, 1.82) is 0 Å². The Labute approximate surface area is 123 Å². The smallest absolute Gasteiger partial charge is 0.182 e. The van der Waals surface area contributed by atoms with Gasteiger partial charge in [0.2, 0.25) is 0 Å². The van der Waals surface area contributed by atoms with Crippen LogP contribution in [0.1, 0.15) is 5.69 Å². The van der Waals surface area contributed by atoms with Crippen LogP contribution in [0.15, 0.2) is 31.7 Å². The predicted molar refractivity (Wildman–Crippen MR) is 78.8 cm³/mol. The van der Waals surface area contributed by atoms with Gasteiger partial charge in [-0.25, -0.2) is 0 Å². The first-order chi connectivity index (χ1) is 7.50. The number of nitrogens with one attached hydrogen (secondary N) is 1. The van der Waals surface area contributed by atoms with E-state index in [0.717, 1.165) is 24.8 Å². The summed E-state index contributed by atoms with van der Waals surface area (Å²) >= 11 is 15.8. The lowest BCUT2D eigenvalue weighted by atomic mass is 10.3. The third-order valence-electron chi connectivity index (χ3n) is 2.17. The minimum atomic E-state index is 0.682. The maximum Gasteiger partial charge on any atom is 0.182 e. The second kappa shape index (κ2) is 4.76. The van der Waals surface area contributed by atoms with Crippen LogP contribution in [0.2, 0.25) is 0 Å². The first kappa shape index (κ1) is 12.5. The van der Waals surface area contributed by atoms with E-state index in [1.807, 2.05) is 29.8 Å². The molecule has 6 heteroatoms. The molecule has 84 valence electrons.